The van der Waals surface area contributed by atoms with Crippen molar-refractivity contribution in [3.63, 3.8) is 0 Å². The molecule has 1 aliphatic rings. The van der Waals surface area contributed by atoms with Crippen LogP contribution in [-0.2, 0) is 9.53 Å². The number of Topliss-reactive ketones (excluding diaryl/α,β-unsaturated/α-hetero) is 1. The zero-order chi connectivity index (χ0) is 17.1. The third-order valence-corrected chi connectivity index (χ3v) is 5.83. The number of carbonyl (C=O) groups is 2. The van der Waals surface area contributed by atoms with Gasteiger partial charge in [0.25, 0.3) is 0 Å². The molecule has 0 spiro atoms. The van der Waals surface area contributed by atoms with E-state index in [4.69, 9.17) is 4.74 Å². The number of halogens is 1. The number of carbonyl (C=O) groups excluding carboxylic acids is 2. The predicted octanol–water partition coefficient (Wildman–Crippen LogP) is 4.91. The molecule has 1 atom stereocenters. The highest BCUT2D eigenvalue weighted by Crippen LogP contribution is 2.35. The summed E-state index contributed by atoms with van der Waals surface area (Å²) in [5.41, 5.74) is 1.93. The number of thiophene rings is 1. The Kier molecular flexibility index (Phi) is 5.26. The van der Waals surface area contributed by atoms with Gasteiger partial charge in [0.2, 0.25) is 0 Å². The quantitative estimate of drug-likeness (QED) is 0.681. The third kappa shape index (κ3) is 3.65. The van der Waals surface area contributed by atoms with Crippen molar-refractivity contribution in [2.45, 2.75) is 25.2 Å². The van der Waals surface area contributed by atoms with Crippen molar-refractivity contribution < 1.29 is 14.3 Å². The molecule has 1 aliphatic carbocycles. The molecule has 0 amide bonds. The number of benzene rings is 1. The minimum Gasteiger partial charge on any atom is -0.465 e. The van der Waals surface area contributed by atoms with Crippen LogP contribution in [0.1, 0.15) is 40.4 Å². The van der Waals surface area contributed by atoms with Crippen LogP contribution in [0.2, 0.25) is 0 Å². The highest BCUT2D eigenvalue weighted by atomic mass is 79.9. The van der Waals surface area contributed by atoms with Gasteiger partial charge in [-0.2, -0.15) is 0 Å². The van der Waals surface area contributed by atoms with E-state index in [1.165, 1.54) is 12.0 Å². The lowest BCUT2D eigenvalue weighted by Crippen LogP contribution is -2.21. The minimum atomic E-state index is -0.417. The first-order chi connectivity index (χ1) is 11.6. The van der Waals surface area contributed by atoms with Gasteiger partial charge in [0.15, 0.2) is 0 Å². The van der Waals surface area contributed by atoms with Gasteiger partial charge < -0.3 is 4.74 Å². The molecule has 24 heavy (non-hydrogen) atoms. The van der Waals surface area contributed by atoms with E-state index in [0.29, 0.717) is 28.6 Å². The van der Waals surface area contributed by atoms with Crippen molar-refractivity contribution in [3.05, 3.63) is 50.6 Å². The van der Waals surface area contributed by atoms with Crippen LogP contribution in [0.5, 0.6) is 0 Å². The summed E-state index contributed by atoms with van der Waals surface area (Å²) >= 11 is 5.10. The molecule has 1 unspecified atom stereocenters. The normalized spacial score (nSPS) is 19.5. The van der Waals surface area contributed by atoms with Crippen molar-refractivity contribution in [2.75, 3.05) is 7.11 Å². The van der Waals surface area contributed by atoms with Crippen LogP contribution in [0.15, 0.2) is 45.2 Å². The van der Waals surface area contributed by atoms with Crippen LogP contribution < -0.4 is 0 Å². The summed E-state index contributed by atoms with van der Waals surface area (Å²) in [6, 6.07) is 9.34. The fourth-order valence-corrected chi connectivity index (χ4v) is 4.20. The average molecular weight is 406 g/mol. The molecule has 1 fully saturated rings. The summed E-state index contributed by atoms with van der Waals surface area (Å²) in [6.07, 6.45) is 1.71. The molecule has 0 saturated heterocycles. The van der Waals surface area contributed by atoms with Crippen LogP contribution in [0.3, 0.4) is 0 Å². The van der Waals surface area contributed by atoms with Gasteiger partial charge in [-0.1, -0.05) is 12.1 Å². The van der Waals surface area contributed by atoms with Gasteiger partial charge in [-0.3, -0.25) is 9.79 Å². The monoisotopic (exact) mass is 405 g/mol. The molecule has 4 nitrogen and oxygen atoms in total. The number of methoxy groups -OCH3 is 1. The number of esters is 1. The maximum Gasteiger partial charge on any atom is 0.339 e. The van der Waals surface area contributed by atoms with Crippen LogP contribution in [0, 0.1) is 0 Å². The van der Waals surface area contributed by atoms with E-state index in [2.05, 4.69) is 27.0 Å². The molecule has 124 valence electrons. The third-order valence-electron chi connectivity index (χ3n) is 3.97. The molecule has 0 aliphatic heterocycles. The lowest BCUT2D eigenvalue weighted by molar-refractivity contribution is -0.118. The molecule has 0 radical (unpaired) electrons. The second kappa shape index (κ2) is 7.40. The largest absolute Gasteiger partial charge is 0.465 e. The van der Waals surface area contributed by atoms with Gasteiger partial charge in [0.1, 0.15) is 5.78 Å². The molecule has 1 saturated carbocycles. The summed E-state index contributed by atoms with van der Waals surface area (Å²) in [5.74, 6) is -0.00804. The zero-order valence-electron chi connectivity index (χ0n) is 13.1. The van der Waals surface area contributed by atoms with Gasteiger partial charge in [-0.25, -0.2) is 4.79 Å². The van der Waals surface area contributed by atoms with Crippen molar-refractivity contribution >= 4 is 50.4 Å². The van der Waals surface area contributed by atoms with Crippen LogP contribution in [0.4, 0.5) is 5.69 Å². The Morgan fingerprint density at radius 1 is 1.29 bits per heavy atom. The standard InChI is InChI=1S/C18H16BrNO3S/c1-23-18(22)14-4-2-5-15(17(14)19)20-12-8-11(9-13(21)10-12)16-6-3-7-24-16/h2-7,11H,8-10H2,1H3. The SMILES string of the molecule is COC(=O)c1cccc(N=C2CC(=O)CC(c3cccs3)C2)c1Br. The zero-order valence-corrected chi connectivity index (χ0v) is 15.5. The number of hydrogen-bond donors (Lipinski definition) is 0. The van der Waals surface area contributed by atoms with E-state index in [0.717, 1.165) is 12.1 Å². The molecular weight excluding hydrogens is 390 g/mol. The molecule has 1 aromatic carbocycles. The Balaban J connectivity index is 1.90. The van der Waals surface area contributed by atoms with E-state index >= 15 is 0 Å². The summed E-state index contributed by atoms with van der Waals surface area (Å²) in [4.78, 5) is 29.8. The number of ketones is 1. The van der Waals surface area contributed by atoms with Gasteiger partial charge >= 0.3 is 5.97 Å². The fraction of sp³-hybridized carbons (Fsp3) is 0.278. The lowest BCUT2D eigenvalue weighted by atomic mass is 9.86. The number of rotatable bonds is 3. The van der Waals surface area contributed by atoms with Crippen LogP contribution in [0.25, 0.3) is 0 Å². The Morgan fingerprint density at radius 2 is 2.12 bits per heavy atom. The molecule has 3 rings (SSSR count). The molecular formula is C18H16BrNO3S. The van der Waals surface area contributed by atoms with Crippen molar-refractivity contribution in [3.8, 4) is 0 Å². The fourth-order valence-electron chi connectivity index (χ4n) is 2.86. The Bertz CT molecular complexity index is 799. The number of hydrogen-bond acceptors (Lipinski definition) is 5. The Labute approximate surface area is 152 Å². The van der Waals surface area contributed by atoms with Gasteiger partial charge in [0.05, 0.1) is 22.8 Å². The Hall–Kier alpha value is -1.79. The second-order valence-corrected chi connectivity index (χ2v) is 7.42. The molecule has 2 aromatic rings. The number of ether oxygens (including phenoxy) is 1. The van der Waals surface area contributed by atoms with Gasteiger partial charge in [-0.05, 0) is 45.9 Å². The first kappa shape index (κ1) is 17.0. The van der Waals surface area contributed by atoms with Crippen LogP contribution >= 0.6 is 27.3 Å². The van der Waals surface area contributed by atoms with Crippen LogP contribution in [-0.4, -0.2) is 24.6 Å². The lowest BCUT2D eigenvalue weighted by Gasteiger charge is -2.21. The van der Waals surface area contributed by atoms with Gasteiger partial charge in [-0.15, -0.1) is 11.3 Å². The second-order valence-electron chi connectivity index (χ2n) is 5.64. The van der Waals surface area contributed by atoms with E-state index < -0.39 is 5.97 Å². The maximum absolute atomic E-state index is 12.1. The highest BCUT2D eigenvalue weighted by Gasteiger charge is 2.26. The highest BCUT2D eigenvalue weighted by molar-refractivity contribution is 9.10. The van der Waals surface area contributed by atoms with Crippen molar-refractivity contribution in [2.24, 2.45) is 4.99 Å². The smallest absolute Gasteiger partial charge is 0.339 e. The molecule has 6 heteroatoms. The van der Waals surface area contributed by atoms with E-state index in [1.54, 1.807) is 23.5 Å². The van der Waals surface area contributed by atoms with E-state index in [9.17, 15) is 9.59 Å². The number of aliphatic imine (C=N–C) groups is 1. The maximum atomic E-state index is 12.1. The molecule has 1 aromatic heterocycles. The number of nitrogens with zero attached hydrogens (tertiary/aromatic N) is 1. The minimum absolute atomic E-state index is 0.201. The first-order valence-electron chi connectivity index (χ1n) is 7.57. The Morgan fingerprint density at radius 3 is 2.83 bits per heavy atom. The summed E-state index contributed by atoms with van der Waals surface area (Å²) in [7, 11) is 1.35. The predicted molar refractivity (Wildman–Crippen MR) is 98.5 cm³/mol. The first-order valence-corrected chi connectivity index (χ1v) is 9.24. The molecule has 0 bridgehead atoms. The molecule has 0 N–H and O–H groups in total. The van der Waals surface area contributed by atoms with E-state index in [-0.39, 0.29) is 11.7 Å². The van der Waals surface area contributed by atoms with Crippen molar-refractivity contribution in [1.82, 2.24) is 0 Å². The summed E-state index contributed by atoms with van der Waals surface area (Å²) < 4.78 is 5.37. The topological polar surface area (TPSA) is 55.7 Å². The molecule has 1 heterocycles. The average Bonchev–Trinajstić information content (AvgIpc) is 3.10. The summed E-state index contributed by atoms with van der Waals surface area (Å²) in [6.45, 7) is 0. The van der Waals surface area contributed by atoms with Gasteiger partial charge in [0, 0.05) is 29.3 Å². The van der Waals surface area contributed by atoms with Crippen molar-refractivity contribution in [1.29, 1.82) is 0 Å². The van der Waals surface area contributed by atoms with E-state index in [1.807, 2.05) is 17.5 Å². The summed E-state index contributed by atoms with van der Waals surface area (Å²) in [5, 5.41) is 2.03.